The monoisotopic (exact) mass is 388 g/mol. The Balaban J connectivity index is 2.46. The number of para-hydroxylation sites is 1. The van der Waals surface area contributed by atoms with Gasteiger partial charge >= 0.3 is 0 Å². The number of amides is 1. The molecule has 0 aliphatic rings. The Labute approximate surface area is 162 Å². The molecule has 6 heteroatoms. The number of hydrogen-bond acceptors (Lipinski definition) is 3. The standard InChI is InChI=1S/C21H28N2O3S/c1-7-19(21(24)22-20-15(3)9-8-10-16(20)4)23(27(6,25)26)18-12-11-14(2)17(5)13-18/h8-13,19H,7H2,1-6H3,(H,22,24)/t19-/m1/s1. The molecule has 0 saturated carbocycles. The van der Waals surface area contributed by atoms with Crippen molar-refractivity contribution in [3.8, 4) is 0 Å². The van der Waals surface area contributed by atoms with Crippen LogP contribution in [0.1, 0.15) is 35.6 Å². The minimum atomic E-state index is -3.64. The largest absolute Gasteiger partial charge is 0.324 e. The summed E-state index contributed by atoms with van der Waals surface area (Å²) >= 11 is 0. The molecule has 0 fully saturated rings. The van der Waals surface area contributed by atoms with Gasteiger partial charge in [-0.15, -0.1) is 0 Å². The van der Waals surface area contributed by atoms with Gasteiger partial charge in [0.15, 0.2) is 0 Å². The van der Waals surface area contributed by atoms with Gasteiger partial charge in [0.1, 0.15) is 6.04 Å². The highest BCUT2D eigenvalue weighted by Gasteiger charge is 2.32. The number of aryl methyl sites for hydroxylation is 4. The Kier molecular flexibility index (Phi) is 6.31. The van der Waals surface area contributed by atoms with Crippen molar-refractivity contribution in [3.63, 3.8) is 0 Å². The van der Waals surface area contributed by atoms with E-state index in [1.165, 1.54) is 4.31 Å². The van der Waals surface area contributed by atoms with Crippen LogP contribution in [0.4, 0.5) is 11.4 Å². The zero-order valence-corrected chi connectivity index (χ0v) is 17.6. The van der Waals surface area contributed by atoms with Gasteiger partial charge in [-0.1, -0.05) is 31.2 Å². The average molecular weight is 389 g/mol. The van der Waals surface area contributed by atoms with E-state index in [0.717, 1.165) is 34.2 Å². The van der Waals surface area contributed by atoms with Gasteiger partial charge in [0.05, 0.1) is 11.9 Å². The van der Waals surface area contributed by atoms with Gasteiger partial charge in [0.2, 0.25) is 15.9 Å². The number of sulfonamides is 1. The Hall–Kier alpha value is -2.34. The first-order valence-electron chi connectivity index (χ1n) is 9.00. The minimum absolute atomic E-state index is 0.335. The smallest absolute Gasteiger partial charge is 0.248 e. The molecular weight excluding hydrogens is 360 g/mol. The van der Waals surface area contributed by atoms with Crippen molar-refractivity contribution in [1.82, 2.24) is 0 Å². The van der Waals surface area contributed by atoms with Crippen LogP contribution in [-0.4, -0.2) is 26.6 Å². The van der Waals surface area contributed by atoms with Crippen LogP contribution in [0.5, 0.6) is 0 Å². The first-order chi connectivity index (χ1) is 12.6. The zero-order valence-electron chi connectivity index (χ0n) is 16.8. The molecule has 0 unspecified atom stereocenters. The van der Waals surface area contributed by atoms with Crippen LogP contribution < -0.4 is 9.62 Å². The molecule has 5 nitrogen and oxygen atoms in total. The van der Waals surface area contributed by atoms with Crippen molar-refractivity contribution < 1.29 is 13.2 Å². The lowest BCUT2D eigenvalue weighted by atomic mass is 10.1. The van der Waals surface area contributed by atoms with E-state index in [2.05, 4.69) is 5.32 Å². The third-order valence-corrected chi connectivity index (χ3v) is 5.98. The van der Waals surface area contributed by atoms with E-state index in [1.54, 1.807) is 6.07 Å². The highest BCUT2D eigenvalue weighted by molar-refractivity contribution is 7.92. The molecule has 0 aliphatic heterocycles. The Bertz CT molecular complexity index is 932. The van der Waals surface area contributed by atoms with E-state index in [1.807, 2.05) is 65.0 Å². The molecule has 2 aromatic carbocycles. The normalized spacial score (nSPS) is 12.5. The summed E-state index contributed by atoms with van der Waals surface area (Å²) < 4.78 is 26.4. The summed E-state index contributed by atoms with van der Waals surface area (Å²) in [5, 5.41) is 2.93. The summed E-state index contributed by atoms with van der Waals surface area (Å²) in [4.78, 5) is 13.0. The van der Waals surface area contributed by atoms with Crippen LogP contribution in [0, 0.1) is 27.7 Å². The molecule has 0 heterocycles. The summed E-state index contributed by atoms with van der Waals surface area (Å²) in [5.41, 5.74) is 5.16. The third-order valence-electron chi connectivity index (χ3n) is 4.80. The van der Waals surface area contributed by atoms with Crippen molar-refractivity contribution in [2.45, 2.75) is 47.1 Å². The van der Waals surface area contributed by atoms with E-state index < -0.39 is 16.1 Å². The first kappa shape index (κ1) is 21.0. The second-order valence-electron chi connectivity index (χ2n) is 7.01. The molecule has 1 N–H and O–H groups in total. The van der Waals surface area contributed by atoms with E-state index in [9.17, 15) is 13.2 Å². The van der Waals surface area contributed by atoms with Crippen molar-refractivity contribution in [3.05, 3.63) is 58.7 Å². The fraction of sp³-hybridized carbons (Fsp3) is 0.381. The number of benzene rings is 2. The van der Waals surface area contributed by atoms with Crippen LogP contribution in [-0.2, 0) is 14.8 Å². The highest BCUT2D eigenvalue weighted by Crippen LogP contribution is 2.27. The van der Waals surface area contributed by atoms with Crippen molar-refractivity contribution in [2.75, 3.05) is 15.9 Å². The van der Waals surface area contributed by atoms with Crippen LogP contribution in [0.2, 0.25) is 0 Å². The predicted molar refractivity (Wildman–Crippen MR) is 112 cm³/mol. The number of nitrogens with one attached hydrogen (secondary N) is 1. The molecule has 2 rings (SSSR count). The quantitative estimate of drug-likeness (QED) is 0.810. The molecule has 1 amide bonds. The van der Waals surface area contributed by atoms with Crippen LogP contribution in [0.3, 0.4) is 0 Å². The summed E-state index contributed by atoms with van der Waals surface area (Å²) in [5.74, 6) is -0.335. The molecule has 0 saturated heterocycles. The molecule has 27 heavy (non-hydrogen) atoms. The molecule has 0 radical (unpaired) electrons. The topological polar surface area (TPSA) is 66.5 Å². The predicted octanol–water partition coefficient (Wildman–Crippen LogP) is 4.10. The lowest BCUT2D eigenvalue weighted by Crippen LogP contribution is -2.47. The number of carbonyl (C=O) groups excluding carboxylic acids is 1. The lowest BCUT2D eigenvalue weighted by molar-refractivity contribution is -0.117. The molecule has 0 bridgehead atoms. The van der Waals surface area contributed by atoms with Gasteiger partial charge in [-0.25, -0.2) is 8.42 Å². The summed E-state index contributed by atoms with van der Waals surface area (Å²) in [6, 6.07) is 10.4. The van der Waals surface area contributed by atoms with Crippen LogP contribution >= 0.6 is 0 Å². The summed E-state index contributed by atoms with van der Waals surface area (Å²) in [7, 11) is -3.64. The van der Waals surface area contributed by atoms with Crippen LogP contribution in [0.15, 0.2) is 36.4 Å². The average Bonchev–Trinajstić information content (AvgIpc) is 2.57. The maximum atomic E-state index is 13.0. The molecular formula is C21H28N2O3S. The van der Waals surface area contributed by atoms with E-state index in [4.69, 9.17) is 0 Å². The second kappa shape index (κ2) is 8.13. The van der Waals surface area contributed by atoms with E-state index >= 15 is 0 Å². The Morgan fingerprint density at radius 2 is 1.59 bits per heavy atom. The number of anilines is 2. The number of nitrogens with zero attached hydrogens (tertiary/aromatic N) is 1. The van der Waals surface area contributed by atoms with Gasteiger partial charge in [-0.05, 0) is 68.5 Å². The van der Waals surface area contributed by atoms with Crippen molar-refractivity contribution >= 4 is 27.3 Å². The first-order valence-corrected chi connectivity index (χ1v) is 10.8. The molecule has 0 aromatic heterocycles. The maximum Gasteiger partial charge on any atom is 0.248 e. The van der Waals surface area contributed by atoms with Gasteiger partial charge in [-0.3, -0.25) is 9.10 Å². The SMILES string of the molecule is CC[C@H](C(=O)Nc1c(C)cccc1C)N(c1ccc(C)c(C)c1)S(C)(=O)=O. The molecule has 2 aromatic rings. The summed E-state index contributed by atoms with van der Waals surface area (Å²) in [6.07, 6.45) is 1.49. The number of hydrogen-bond donors (Lipinski definition) is 1. The molecule has 0 spiro atoms. The zero-order chi connectivity index (χ0) is 20.4. The van der Waals surface area contributed by atoms with E-state index in [0.29, 0.717) is 12.1 Å². The van der Waals surface area contributed by atoms with Gasteiger partial charge in [0, 0.05) is 5.69 Å². The molecule has 146 valence electrons. The summed E-state index contributed by atoms with van der Waals surface area (Å²) in [6.45, 7) is 9.54. The van der Waals surface area contributed by atoms with Gasteiger partial charge < -0.3 is 5.32 Å². The third kappa shape index (κ3) is 4.69. The Morgan fingerprint density at radius 1 is 1.00 bits per heavy atom. The highest BCUT2D eigenvalue weighted by atomic mass is 32.2. The maximum absolute atomic E-state index is 13.0. The second-order valence-corrected chi connectivity index (χ2v) is 8.87. The van der Waals surface area contributed by atoms with Gasteiger partial charge in [0.25, 0.3) is 0 Å². The van der Waals surface area contributed by atoms with Crippen LogP contribution in [0.25, 0.3) is 0 Å². The molecule has 1 atom stereocenters. The fourth-order valence-electron chi connectivity index (χ4n) is 3.14. The van der Waals surface area contributed by atoms with Crippen molar-refractivity contribution in [1.29, 1.82) is 0 Å². The minimum Gasteiger partial charge on any atom is -0.324 e. The Morgan fingerprint density at radius 3 is 2.07 bits per heavy atom. The van der Waals surface area contributed by atoms with E-state index in [-0.39, 0.29) is 5.91 Å². The number of carbonyl (C=O) groups is 1. The lowest BCUT2D eigenvalue weighted by Gasteiger charge is -2.31. The van der Waals surface area contributed by atoms with Crippen molar-refractivity contribution in [2.24, 2.45) is 0 Å². The fourth-order valence-corrected chi connectivity index (χ4v) is 4.34. The van der Waals surface area contributed by atoms with Gasteiger partial charge in [-0.2, -0.15) is 0 Å². The number of rotatable bonds is 6. The molecule has 0 aliphatic carbocycles.